The molecule has 2 aliphatic rings. The van der Waals surface area contributed by atoms with Crippen LogP contribution in [0.4, 0.5) is 27.6 Å². The number of hydrogen-bond acceptors (Lipinski definition) is 5. The molecule has 2 fully saturated rings. The Labute approximate surface area is 229 Å². The molecule has 1 aromatic heterocycles. The first-order chi connectivity index (χ1) is 19.2. The number of benzene rings is 2. The molecule has 2 aromatic carbocycles. The minimum atomic E-state index is -4.42. The number of nitrogens with zero attached hydrogens (tertiary/aromatic N) is 4. The van der Waals surface area contributed by atoms with E-state index < -0.39 is 29.4 Å². The van der Waals surface area contributed by atoms with Gasteiger partial charge in [-0.25, -0.2) is 8.78 Å². The van der Waals surface area contributed by atoms with Crippen LogP contribution in [0, 0.1) is 11.6 Å². The van der Waals surface area contributed by atoms with Gasteiger partial charge in [0.2, 0.25) is 5.91 Å². The fourth-order valence-electron chi connectivity index (χ4n) is 5.42. The zero-order chi connectivity index (χ0) is 28.3. The molecule has 2 saturated heterocycles. The summed E-state index contributed by atoms with van der Waals surface area (Å²) < 4.78 is 67.3. The van der Waals surface area contributed by atoms with Gasteiger partial charge >= 0.3 is 6.18 Å². The monoisotopic (exact) mass is 559 g/mol. The molecule has 1 amide bonds. The van der Waals surface area contributed by atoms with Crippen molar-refractivity contribution >= 4 is 11.6 Å². The van der Waals surface area contributed by atoms with E-state index in [0.29, 0.717) is 51.4 Å². The lowest BCUT2D eigenvalue weighted by Crippen LogP contribution is -2.53. The Hall–Kier alpha value is -3.57. The van der Waals surface area contributed by atoms with Crippen molar-refractivity contribution in [2.75, 3.05) is 37.6 Å². The molecule has 5 rings (SSSR count). The second kappa shape index (κ2) is 11.9. The van der Waals surface area contributed by atoms with Crippen LogP contribution in [0.1, 0.15) is 23.1 Å². The fraction of sp³-hybridized carbons (Fsp3) is 0.379. The molecule has 0 radical (unpaired) electrons. The first kappa shape index (κ1) is 28.0. The van der Waals surface area contributed by atoms with Crippen LogP contribution in [0.25, 0.3) is 0 Å². The minimum Gasteiger partial charge on any atom is -0.368 e. The smallest absolute Gasteiger partial charge is 0.368 e. The van der Waals surface area contributed by atoms with Crippen LogP contribution in [0.15, 0.2) is 67.0 Å². The molecular formula is C29H30F5N5O. The maximum atomic E-state index is 14.1. The SMILES string of the molecule is O=C([C@@H]1C[C@@H](NCc2cc(F)ccc2F)CN1Cc1cccnc1)N1CCN(c2cccc(C(F)(F)F)c2)CC1. The molecule has 212 valence electrons. The summed E-state index contributed by atoms with van der Waals surface area (Å²) in [5.74, 6) is -1.06. The van der Waals surface area contributed by atoms with Gasteiger partial charge in [0.15, 0.2) is 0 Å². The average molecular weight is 560 g/mol. The van der Waals surface area contributed by atoms with E-state index in [1.807, 2.05) is 17.0 Å². The van der Waals surface area contributed by atoms with Gasteiger partial charge in [-0.2, -0.15) is 13.2 Å². The van der Waals surface area contributed by atoms with E-state index in [-0.39, 0.29) is 24.1 Å². The molecule has 0 spiro atoms. The van der Waals surface area contributed by atoms with Crippen molar-refractivity contribution in [3.05, 3.63) is 95.3 Å². The molecule has 0 unspecified atom stereocenters. The summed E-state index contributed by atoms with van der Waals surface area (Å²) in [4.78, 5) is 23.6. The number of likely N-dealkylation sites (tertiary alicyclic amines) is 1. The molecule has 0 saturated carbocycles. The van der Waals surface area contributed by atoms with Crippen LogP contribution in [0.3, 0.4) is 0 Å². The lowest BCUT2D eigenvalue weighted by atomic mass is 10.1. The second-order valence-electron chi connectivity index (χ2n) is 10.2. The van der Waals surface area contributed by atoms with Crippen molar-refractivity contribution in [2.24, 2.45) is 0 Å². The molecule has 0 aliphatic carbocycles. The summed E-state index contributed by atoms with van der Waals surface area (Å²) in [6.07, 6.45) is -0.501. The average Bonchev–Trinajstić information content (AvgIpc) is 3.35. The number of aromatic nitrogens is 1. The molecule has 11 heteroatoms. The highest BCUT2D eigenvalue weighted by molar-refractivity contribution is 5.82. The van der Waals surface area contributed by atoms with Gasteiger partial charge in [0.1, 0.15) is 11.6 Å². The molecule has 1 N–H and O–H groups in total. The van der Waals surface area contributed by atoms with Gasteiger partial charge in [-0.3, -0.25) is 14.7 Å². The Morgan fingerprint density at radius 1 is 1.00 bits per heavy atom. The molecule has 2 atom stereocenters. The van der Waals surface area contributed by atoms with Crippen molar-refractivity contribution < 1.29 is 26.7 Å². The Kier molecular flexibility index (Phi) is 8.32. The van der Waals surface area contributed by atoms with Gasteiger partial charge in [0.25, 0.3) is 0 Å². The highest BCUT2D eigenvalue weighted by Crippen LogP contribution is 2.32. The summed E-state index contributed by atoms with van der Waals surface area (Å²) in [5, 5.41) is 3.28. The van der Waals surface area contributed by atoms with Gasteiger partial charge < -0.3 is 15.1 Å². The van der Waals surface area contributed by atoms with E-state index >= 15 is 0 Å². The number of anilines is 1. The van der Waals surface area contributed by atoms with Crippen LogP contribution < -0.4 is 10.2 Å². The summed E-state index contributed by atoms with van der Waals surface area (Å²) in [7, 11) is 0. The van der Waals surface area contributed by atoms with E-state index in [1.165, 1.54) is 6.07 Å². The van der Waals surface area contributed by atoms with Crippen LogP contribution in [-0.4, -0.2) is 65.5 Å². The number of carbonyl (C=O) groups excluding carboxylic acids is 1. The number of alkyl halides is 3. The predicted octanol–water partition coefficient (Wildman–Crippen LogP) is 4.46. The van der Waals surface area contributed by atoms with E-state index in [1.54, 1.807) is 23.4 Å². The van der Waals surface area contributed by atoms with Gasteiger partial charge in [0.05, 0.1) is 11.6 Å². The van der Waals surface area contributed by atoms with E-state index in [0.717, 1.165) is 35.9 Å². The highest BCUT2D eigenvalue weighted by atomic mass is 19.4. The van der Waals surface area contributed by atoms with E-state index in [4.69, 9.17) is 0 Å². The van der Waals surface area contributed by atoms with Crippen molar-refractivity contribution in [3.63, 3.8) is 0 Å². The summed E-state index contributed by atoms with van der Waals surface area (Å²) in [6.45, 7) is 2.78. The zero-order valence-corrected chi connectivity index (χ0v) is 21.7. The first-order valence-electron chi connectivity index (χ1n) is 13.2. The Bertz CT molecular complexity index is 1310. The second-order valence-corrected chi connectivity index (χ2v) is 10.2. The summed E-state index contributed by atoms with van der Waals surface area (Å²) >= 11 is 0. The minimum absolute atomic E-state index is 0.0474. The molecule has 3 heterocycles. The highest BCUT2D eigenvalue weighted by Gasteiger charge is 2.39. The number of nitrogens with one attached hydrogen (secondary N) is 1. The van der Waals surface area contributed by atoms with Crippen molar-refractivity contribution in [3.8, 4) is 0 Å². The largest absolute Gasteiger partial charge is 0.416 e. The molecule has 2 aliphatic heterocycles. The lowest BCUT2D eigenvalue weighted by Gasteiger charge is -2.38. The Balaban J connectivity index is 1.25. The number of pyridine rings is 1. The van der Waals surface area contributed by atoms with Crippen molar-refractivity contribution in [1.82, 2.24) is 20.1 Å². The number of halogens is 5. The van der Waals surface area contributed by atoms with Crippen LogP contribution in [-0.2, 0) is 24.1 Å². The fourth-order valence-corrected chi connectivity index (χ4v) is 5.42. The summed E-state index contributed by atoms with van der Waals surface area (Å²) in [6, 6.07) is 11.8. The Morgan fingerprint density at radius 2 is 1.80 bits per heavy atom. The van der Waals surface area contributed by atoms with E-state index in [9.17, 15) is 26.7 Å². The maximum Gasteiger partial charge on any atom is 0.416 e. The first-order valence-corrected chi connectivity index (χ1v) is 13.2. The van der Waals surface area contributed by atoms with Crippen LogP contribution in [0.2, 0.25) is 0 Å². The Morgan fingerprint density at radius 3 is 2.52 bits per heavy atom. The number of piperazine rings is 1. The van der Waals surface area contributed by atoms with Gasteiger partial charge in [-0.15, -0.1) is 0 Å². The zero-order valence-electron chi connectivity index (χ0n) is 21.7. The van der Waals surface area contributed by atoms with E-state index in [2.05, 4.69) is 15.2 Å². The molecule has 0 bridgehead atoms. The molecule has 40 heavy (non-hydrogen) atoms. The maximum absolute atomic E-state index is 14.1. The van der Waals surface area contributed by atoms with Crippen LogP contribution >= 0.6 is 0 Å². The standard InChI is InChI=1S/C29H30F5N5O/c30-23-6-7-26(31)21(13-23)17-36-24-15-27(39(19-24)18-20-3-2-8-35-16-20)28(40)38-11-9-37(10-12-38)25-5-1-4-22(14-25)29(32,33)34/h1-8,13-14,16,24,27,36H,9-12,15,17-19H2/t24-,27+/m1/s1. The third-order valence-electron chi connectivity index (χ3n) is 7.52. The number of carbonyl (C=O) groups is 1. The third kappa shape index (κ3) is 6.59. The number of amides is 1. The number of rotatable bonds is 7. The van der Waals surface area contributed by atoms with Gasteiger partial charge in [-0.05, 0) is 54.4 Å². The lowest BCUT2D eigenvalue weighted by molar-refractivity contribution is -0.137. The predicted molar refractivity (Wildman–Crippen MR) is 140 cm³/mol. The van der Waals surface area contributed by atoms with Crippen LogP contribution in [0.5, 0.6) is 0 Å². The molecular weight excluding hydrogens is 529 g/mol. The molecule has 6 nitrogen and oxygen atoms in total. The van der Waals surface area contributed by atoms with Gasteiger partial charge in [-0.1, -0.05) is 12.1 Å². The summed E-state index contributed by atoms with van der Waals surface area (Å²) in [5.41, 5.74) is 0.956. The third-order valence-corrected chi connectivity index (χ3v) is 7.52. The quantitative estimate of drug-likeness (QED) is 0.434. The number of hydrogen-bond donors (Lipinski definition) is 1. The topological polar surface area (TPSA) is 51.7 Å². The molecule has 3 aromatic rings. The van der Waals surface area contributed by atoms with Crippen molar-refractivity contribution in [2.45, 2.75) is 37.8 Å². The van der Waals surface area contributed by atoms with Gasteiger partial charge in [0, 0.05) is 75.5 Å². The normalized spacial score (nSPS) is 20.2. The van der Waals surface area contributed by atoms with Crippen molar-refractivity contribution in [1.29, 1.82) is 0 Å².